The van der Waals surface area contributed by atoms with Crippen LogP contribution in [0, 0.1) is 11.3 Å². The molecular weight excluding hydrogens is 326 g/mol. The van der Waals surface area contributed by atoms with Gasteiger partial charge in [-0.25, -0.2) is 22.5 Å². The molecule has 2 rings (SSSR count). The van der Waals surface area contributed by atoms with E-state index in [1.807, 2.05) is 0 Å². The first-order chi connectivity index (χ1) is 10.4. The molecule has 0 aromatic rings. The third-order valence-corrected chi connectivity index (χ3v) is 6.74. The van der Waals surface area contributed by atoms with Crippen LogP contribution in [0.15, 0.2) is 0 Å². The Labute approximate surface area is 138 Å². The van der Waals surface area contributed by atoms with Gasteiger partial charge in [0.2, 0.25) is 0 Å². The van der Waals surface area contributed by atoms with Gasteiger partial charge in [-0.1, -0.05) is 6.92 Å². The van der Waals surface area contributed by atoms with Crippen LogP contribution in [0.1, 0.15) is 47.0 Å². The summed E-state index contributed by atoms with van der Waals surface area (Å²) in [7, 11) is -1.59. The number of carbonyl (C=O) groups is 1. The minimum absolute atomic E-state index is 0.248. The topological polar surface area (TPSA) is 69.6 Å². The number of nitrogens with zero attached hydrogens (tertiary/aromatic N) is 1. The van der Waals surface area contributed by atoms with Gasteiger partial charge >= 0.3 is 6.09 Å². The van der Waals surface area contributed by atoms with Crippen molar-refractivity contribution in [3.63, 3.8) is 0 Å². The Balaban J connectivity index is 2.24. The van der Waals surface area contributed by atoms with E-state index < -0.39 is 45.1 Å². The fraction of sp³-hybridized carbons (Fsp3) is 0.933. The van der Waals surface area contributed by atoms with E-state index in [-0.39, 0.29) is 13.1 Å². The highest BCUT2D eigenvalue weighted by atomic mass is 32.2. The lowest BCUT2D eigenvalue weighted by atomic mass is 9.74. The van der Waals surface area contributed by atoms with Crippen LogP contribution >= 0.6 is 0 Å². The normalized spacial score (nSPS) is 31.3. The highest BCUT2D eigenvalue weighted by Gasteiger charge is 2.63. The van der Waals surface area contributed by atoms with Gasteiger partial charge in [-0.3, -0.25) is 0 Å². The molecule has 0 radical (unpaired) electrons. The second-order valence-electron chi connectivity index (χ2n) is 7.84. The van der Waals surface area contributed by atoms with Crippen LogP contribution in [0.5, 0.6) is 0 Å². The molecule has 2 N–H and O–H groups in total. The van der Waals surface area contributed by atoms with Crippen LogP contribution in [-0.4, -0.2) is 50.1 Å². The zero-order valence-corrected chi connectivity index (χ0v) is 14.9. The Morgan fingerprint density at radius 3 is 2.26 bits per heavy atom. The van der Waals surface area contributed by atoms with Gasteiger partial charge in [0, 0.05) is 19.0 Å². The molecule has 1 aliphatic carbocycles. The summed E-state index contributed by atoms with van der Waals surface area (Å²) in [6.45, 7) is 7.25. The third kappa shape index (κ3) is 3.38. The largest absolute Gasteiger partial charge is 0.465 e. The van der Waals surface area contributed by atoms with Gasteiger partial charge in [0.05, 0.1) is 21.8 Å². The maximum atomic E-state index is 14.7. The molecule has 2 fully saturated rings. The number of halogens is 2. The third-order valence-electron chi connectivity index (χ3n) is 5.18. The summed E-state index contributed by atoms with van der Waals surface area (Å²) in [4.78, 5) is 12.3. The molecule has 1 amide bonds. The summed E-state index contributed by atoms with van der Waals surface area (Å²) in [6, 6.07) is -1.18. The van der Waals surface area contributed by atoms with Crippen molar-refractivity contribution >= 4 is 17.1 Å². The molecule has 2 aliphatic rings. The van der Waals surface area contributed by atoms with Crippen LogP contribution in [0.4, 0.5) is 13.6 Å². The molecule has 1 saturated heterocycles. The minimum Gasteiger partial charge on any atom is -0.465 e. The van der Waals surface area contributed by atoms with Crippen LogP contribution in [0.25, 0.3) is 0 Å². The fourth-order valence-corrected chi connectivity index (χ4v) is 4.65. The number of amides is 1. The Morgan fingerprint density at radius 1 is 1.30 bits per heavy atom. The van der Waals surface area contributed by atoms with Crippen molar-refractivity contribution in [2.24, 2.45) is 11.3 Å². The van der Waals surface area contributed by atoms with Crippen LogP contribution in [-0.2, 0) is 11.0 Å². The van der Waals surface area contributed by atoms with Gasteiger partial charge in [0.15, 0.2) is 0 Å². The lowest BCUT2D eigenvalue weighted by molar-refractivity contribution is -0.0636. The quantitative estimate of drug-likeness (QED) is 0.803. The lowest BCUT2D eigenvalue weighted by Crippen LogP contribution is -2.57. The first kappa shape index (κ1) is 18.6. The van der Waals surface area contributed by atoms with E-state index in [2.05, 4.69) is 4.72 Å². The number of carboxylic acid groups (broad SMARTS) is 1. The van der Waals surface area contributed by atoms with E-state index in [0.717, 1.165) is 0 Å². The van der Waals surface area contributed by atoms with E-state index in [4.69, 9.17) is 5.11 Å². The Kier molecular flexibility index (Phi) is 4.81. The van der Waals surface area contributed by atoms with Crippen LogP contribution < -0.4 is 4.72 Å². The summed E-state index contributed by atoms with van der Waals surface area (Å²) in [6.07, 6.45) is 0.0589. The number of nitrogens with one attached hydrogen (secondary N) is 1. The van der Waals surface area contributed by atoms with Crippen molar-refractivity contribution in [3.05, 3.63) is 0 Å². The fourth-order valence-electron chi connectivity index (χ4n) is 3.68. The van der Waals surface area contributed by atoms with Crippen molar-refractivity contribution in [1.29, 1.82) is 0 Å². The molecule has 1 unspecified atom stereocenters. The number of likely N-dealkylation sites (tertiary alicyclic amines) is 1. The molecule has 1 spiro atoms. The number of rotatable bonds is 2. The molecule has 1 saturated carbocycles. The Morgan fingerprint density at radius 2 is 1.83 bits per heavy atom. The maximum Gasteiger partial charge on any atom is 0.407 e. The SMILES string of the molecule is C[C@@H]1CC2(CCN(C(=O)O)CC2)[C@H](NS(=O)C(C)(C)C)C1(F)F. The van der Waals surface area contributed by atoms with Gasteiger partial charge in [0.1, 0.15) is 0 Å². The van der Waals surface area contributed by atoms with Crippen LogP contribution in [0.2, 0.25) is 0 Å². The van der Waals surface area contributed by atoms with E-state index >= 15 is 0 Å². The van der Waals surface area contributed by atoms with Crippen molar-refractivity contribution in [3.8, 4) is 0 Å². The zero-order valence-electron chi connectivity index (χ0n) is 14.1. The minimum atomic E-state index is -2.95. The van der Waals surface area contributed by atoms with Gasteiger partial charge in [-0.15, -0.1) is 0 Å². The molecule has 5 nitrogen and oxygen atoms in total. The van der Waals surface area contributed by atoms with Gasteiger partial charge in [-0.2, -0.15) is 0 Å². The number of hydrogen-bond donors (Lipinski definition) is 2. The summed E-state index contributed by atoms with van der Waals surface area (Å²) in [5, 5.41) is 9.06. The molecule has 0 aromatic heterocycles. The lowest BCUT2D eigenvalue weighted by Gasteiger charge is -2.43. The molecule has 1 aliphatic heterocycles. The highest BCUT2D eigenvalue weighted by Crippen LogP contribution is 2.56. The van der Waals surface area contributed by atoms with E-state index in [1.165, 1.54) is 11.8 Å². The number of hydrogen-bond acceptors (Lipinski definition) is 2. The first-order valence-corrected chi connectivity index (χ1v) is 9.09. The molecule has 0 aromatic carbocycles. The maximum absolute atomic E-state index is 14.7. The van der Waals surface area contributed by atoms with Crippen molar-refractivity contribution in [2.45, 2.75) is 63.7 Å². The molecule has 134 valence electrons. The monoisotopic (exact) mass is 352 g/mol. The predicted molar refractivity (Wildman–Crippen MR) is 84.8 cm³/mol. The highest BCUT2D eigenvalue weighted by molar-refractivity contribution is 7.84. The second kappa shape index (κ2) is 5.95. The molecule has 3 atom stereocenters. The average Bonchev–Trinajstić information content (AvgIpc) is 2.59. The van der Waals surface area contributed by atoms with Gasteiger partial charge in [-0.05, 0) is 45.4 Å². The summed E-state index contributed by atoms with van der Waals surface area (Å²) >= 11 is 0. The molecular formula is C15H26F2N2O3S. The molecule has 23 heavy (non-hydrogen) atoms. The van der Waals surface area contributed by atoms with Crippen molar-refractivity contribution in [2.75, 3.05) is 13.1 Å². The van der Waals surface area contributed by atoms with Crippen LogP contribution in [0.3, 0.4) is 0 Å². The first-order valence-electron chi connectivity index (χ1n) is 7.94. The number of piperidine rings is 1. The Hall–Kier alpha value is -0.760. The standard InChI is InChI=1S/C15H26F2N2O3S/c1-10-9-14(5-7-19(8-6-14)12(20)21)11(15(10,16)17)18-23(22)13(2,3)4/h10-11,18H,5-9H2,1-4H3,(H,20,21)/t10-,11+,23?/m1/s1. The van der Waals surface area contributed by atoms with Gasteiger partial charge in [0.25, 0.3) is 5.92 Å². The summed E-state index contributed by atoms with van der Waals surface area (Å²) < 4.78 is 43.9. The zero-order chi connectivity index (χ0) is 17.6. The van der Waals surface area contributed by atoms with E-state index in [9.17, 15) is 17.8 Å². The smallest absolute Gasteiger partial charge is 0.407 e. The summed E-state index contributed by atoms with van der Waals surface area (Å²) in [5.74, 6) is -3.76. The number of alkyl halides is 2. The summed E-state index contributed by atoms with van der Waals surface area (Å²) in [5.41, 5.74) is -0.699. The van der Waals surface area contributed by atoms with Gasteiger partial charge < -0.3 is 10.0 Å². The average molecular weight is 352 g/mol. The van der Waals surface area contributed by atoms with E-state index in [1.54, 1.807) is 20.8 Å². The molecule has 8 heteroatoms. The Bertz CT molecular complexity index is 499. The second-order valence-corrected chi connectivity index (χ2v) is 9.84. The van der Waals surface area contributed by atoms with Crippen molar-refractivity contribution < 1.29 is 22.9 Å². The van der Waals surface area contributed by atoms with E-state index in [0.29, 0.717) is 19.3 Å². The molecule has 1 heterocycles. The van der Waals surface area contributed by atoms with Crippen molar-refractivity contribution in [1.82, 2.24) is 9.62 Å². The molecule has 0 bridgehead atoms. The predicted octanol–water partition coefficient (Wildman–Crippen LogP) is 2.84.